The van der Waals surface area contributed by atoms with Gasteiger partial charge >= 0.3 is 6.03 Å². The third kappa shape index (κ3) is 1.73. The largest absolute Gasteiger partial charge is 0.381 e. The fourth-order valence-electron chi connectivity index (χ4n) is 3.97. The fraction of sp³-hybridized carbons (Fsp3) is 0.929. The molecule has 0 spiro atoms. The molecule has 0 aromatic rings. The number of fused-ring (bicyclic) bond motifs is 1. The van der Waals surface area contributed by atoms with E-state index < -0.39 is 0 Å². The smallest absolute Gasteiger partial charge is 0.315 e. The summed E-state index contributed by atoms with van der Waals surface area (Å²) in [5.74, 6) is 2.09. The molecule has 1 aliphatic heterocycles. The van der Waals surface area contributed by atoms with Crippen molar-refractivity contribution in [2.24, 2.45) is 23.2 Å². The second-order valence-electron chi connectivity index (χ2n) is 6.71. The molecular weight excluding hydrogens is 228 g/mol. The van der Waals surface area contributed by atoms with Gasteiger partial charge in [-0.2, -0.15) is 0 Å². The highest BCUT2D eigenvalue weighted by Crippen LogP contribution is 2.56. The van der Waals surface area contributed by atoms with Crippen LogP contribution in [0.3, 0.4) is 0 Å². The van der Waals surface area contributed by atoms with Crippen molar-refractivity contribution < 1.29 is 9.53 Å². The molecule has 0 aromatic carbocycles. The van der Waals surface area contributed by atoms with Crippen molar-refractivity contribution in [2.45, 2.75) is 38.1 Å². The molecular formula is C14H22N2O2. The molecule has 0 radical (unpaired) electrons. The van der Waals surface area contributed by atoms with Gasteiger partial charge in [0.15, 0.2) is 0 Å². The van der Waals surface area contributed by atoms with E-state index in [1.807, 2.05) is 0 Å². The van der Waals surface area contributed by atoms with Gasteiger partial charge in [-0.1, -0.05) is 6.42 Å². The predicted molar refractivity (Wildman–Crippen MR) is 67.1 cm³/mol. The molecule has 3 aliphatic carbocycles. The number of urea groups is 1. The van der Waals surface area contributed by atoms with Crippen LogP contribution in [0.1, 0.15) is 32.1 Å². The molecule has 0 bridgehead atoms. The SMILES string of the molecule is O=C(NCC1(C2CC2)CCC1)NC1[C@H]2COC[C@@H]12. The van der Waals surface area contributed by atoms with Crippen LogP contribution in [0, 0.1) is 23.2 Å². The summed E-state index contributed by atoms with van der Waals surface area (Å²) in [6.45, 7) is 2.56. The minimum absolute atomic E-state index is 0.0429. The summed E-state index contributed by atoms with van der Waals surface area (Å²) < 4.78 is 5.33. The summed E-state index contributed by atoms with van der Waals surface area (Å²) in [7, 11) is 0. The highest BCUT2D eigenvalue weighted by molar-refractivity contribution is 5.74. The van der Waals surface area contributed by atoms with Crippen LogP contribution in [0.4, 0.5) is 4.79 Å². The molecule has 2 amide bonds. The first-order valence-corrected chi connectivity index (χ1v) is 7.41. The van der Waals surface area contributed by atoms with Crippen LogP contribution in [0.5, 0.6) is 0 Å². The van der Waals surface area contributed by atoms with Gasteiger partial charge in [0.05, 0.1) is 13.2 Å². The van der Waals surface area contributed by atoms with Crippen LogP contribution in [0.15, 0.2) is 0 Å². The molecule has 4 heteroatoms. The van der Waals surface area contributed by atoms with E-state index in [0.717, 1.165) is 25.7 Å². The lowest BCUT2D eigenvalue weighted by Crippen LogP contribution is -2.47. The molecule has 100 valence electrons. The van der Waals surface area contributed by atoms with Gasteiger partial charge < -0.3 is 15.4 Å². The quantitative estimate of drug-likeness (QED) is 0.794. The Bertz CT molecular complexity index is 353. The molecule has 4 rings (SSSR count). The average Bonchev–Trinajstić information content (AvgIpc) is 3.19. The van der Waals surface area contributed by atoms with Gasteiger partial charge in [0, 0.05) is 24.4 Å². The maximum absolute atomic E-state index is 11.9. The average molecular weight is 250 g/mol. The van der Waals surface area contributed by atoms with Gasteiger partial charge in [0.2, 0.25) is 0 Å². The number of hydrogen-bond donors (Lipinski definition) is 2. The lowest BCUT2D eigenvalue weighted by Gasteiger charge is -2.42. The Kier molecular flexibility index (Phi) is 2.38. The Morgan fingerprint density at radius 1 is 1.22 bits per heavy atom. The van der Waals surface area contributed by atoms with E-state index in [2.05, 4.69) is 10.6 Å². The Hall–Kier alpha value is -0.770. The van der Waals surface area contributed by atoms with Crippen molar-refractivity contribution in [3.63, 3.8) is 0 Å². The summed E-state index contributed by atoms with van der Waals surface area (Å²) in [5, 5.41) is 6.22. The molecule has 4 fully saturated rings. The fourth-order valence-corrected chi connectivity index (χ4v) is 3.97. The lowest BCUT2D eigenvalue weighted by molar-refractivity contribution is 0.101. The zero-order valence-corrected chi connectivity index (χ0v) is 10.8. The predicted octanol–water partition coefficient (Wildman–Crippen LogP) is 1.51. The second kappa shape index (κ2) is 3.86. The first-order valence-electron chi connectivity index (χ1n) is 7.41. The van der Waals surface area contributed by atoms with E-state index in [0.29, 0.717) is 23.3 Å². The second-order valence-corrected chi connectivity index (χ2v) is 6.71. The first-order chi connectivity index (χ1) is 8.78. The summed E-state index contributed by atoms with van der Waals surface area (Å²) >= 11 is 0. The monoisotopic (exact) mass is 250 g/mol. The normalized spacial score (nSPS) is 39.7. The zero-order chi connectivity index (χ0) is 12.2. The van der Waals surface area contributed by atoms with Crippen molar-refractivity contribution in [1.82, 2.24) is 10.6 Å². The number of hydrogen-bond acceptors (Lipinski definition) is 2. The van der Waals surface area contributed by atoms with E-state index in [1.54, 1.807) is 0 Å². The number of nitrogens with one attached hydrogen (secondary N) is 2. The van der Waals surface area contributed by atoms with Crippen LogP contribution in [0.2, 0.25) is 0 Å². The summed E-state index contributed by atoms with van der Waals surface area (Å²) in [5.41, 5.74) is 0.472. The summed E-state index contributed by atoms with van der Waals surface area (Å²) in [4.78, 5) is 11.9. The van der Waals surface area contributed by atoms with Crippen LogP contribution < -0.4 is 10.6 Å². The number of ether oxygens (including phenoxy) is 1. The molecule has 4 nitrogen and oxygen atoms in total. The molecule has 1 heterocycles. The third-order valence-electron chi connectivity index (χ3n) is 5.64. The van der Waals surface area contributed by atoms with Crippen molar-refractivity contribution in [1.29, 1.82) is 0 Å². The number of carbonyl (C=O) groups excluding carboxylic acids is 1. The Morgan fingerprint density at radius 3 is 2.50 bits per heavy atom. The molecule has 1 saturated heterocycles. The minimum atomic E-state index is 0.0429. The van der Waals surface area contributed by atoms with Gasteiger partial charge in [-0.25, -0.2) is 4.79 Å². The summed E-state index contributed by atoms with van der Waals surface area (Å²) in [6, 6.07) is 0.429. The van der Waals surface area contributed by atoms with E-state index >= 15 is 0 Å². The molecule has 0 aromatic heterocycles. The topological polar surface area (TPSA) is 50.4 Å². The van der Waals surface area contributed by atoms with Crippen LogP contribution >= 0.6 is 0 Å². The Morgan fingerprint density at radius 2 is 1.94 bits per heavy atom. The van der Waals surface area contributed by atoms with E-state index in [1.165, 1.54) is 32.1 Å². The number of rotatable bonds is 4. The van der Waals surface area contributed by atoms with Crippen LogP contribution in [-0.2, 0) is 4.74 Å². The molecule has 2 N–H and O–H groups in total. The van der Waals surface area contributed by atoms with Crippen molar-refractivity contribution in [3.8, 4) is 0 Å². The van der Waals surface area contributed by atoms with E-state index in [4.69, 9.17) is 4.74 Å². The lowest BCUT2D eigenvalue weighted by atomic mass is 9.65. The number of carbonyl (C=O) groups is 1. The third-order valence-corrected chi connectivity index (χ3v) is 5.64. The number of amides is 2. The zero-order valence-electron chi connectivity index (χ0n) is 10.8. The van der Waals surface area contributed by atoms with E-state index in [-0.39, 0.29) is 6.03 Å². The van der Waals surface area contributed by atoms with Crippen molar-refractivity contribution >= 4 is 6.03 Å². The standard InChI is InChI=1S/C14H22N2O2/c17-13(16-12-10-6-18-7-11(10)12)15-8-14(4-1-5-14)9-2-3-9/h9-12H,1-8H2,(H2,15,16,17)/t10-,11+,12?. The Balaban J connectivity index is 1.24. The highest BCUT2D eigenvalue weighted by atomic mass is 16.5. The molecule has 3 atom stereocenters. The van der Waals surface area contributed by atoms with E-state index in [9.17, 15) is 4.79 Å². The minimum Gasteiger partial charge on any atom is -0.381 e. The first kappa shape index (κ1) is 11.1. The van der Waals surface area contributed by atoms with Crippen LogP contribution in [0.25, 0.3) is 0 Å². The molecule has 1 unspecified atom stereocenters. The highest BCUT2D eigenvalue weighted by Gasteiger charge is 2.55. The summed E-state index contributed by atoms with van der Waals surface area (Å²) in [6.07, 6.45) is 6.76. The van der Waals surface area contributed by atoms with Gasteiger partial charge in [-0.05, 0) is 37.0 Å². The molecule has 4 aliphatic rings. The Labute approximate surface area is 108 Å². The van der Waals surface area contributed by atoms with Crippen LogP contribution in [-0.4, -0.2) is 31.8 Å². The molecule has 18 heavy (non-hydrogen) atoms. The maximum Gasteiger partial charge on any atom is 0.315 e. The maximum atomic E-state index is 11.9. The van der Waals surface area contributed by atoms with Gasteiger partial charge in [-0.3, -0.25) is 0 Å². The van der Waals surface area contributed by atoms with Gasteiger partial charge in [-0.15, -0.1) is 0 Å². The van der Waals surface area contributed by atoms with Crippen molar-refractivity contribution in [2.75, 3.05) is 19.8 Å². The van der Waals surface area contributed by atoms with Gasteiger partial charge in [0.25, 0.3) is 0 Å². The molecule has 3 saturated carbocycles. The van der Waals surface area contributed by atoms with Gasteiger partial charge in [0.1, 0.15) is 0 Å². The van der Waals surface area contributed by atoms with Crippen molar-refractivity contribution in [3.05, 3.63) is 0 Å².